The lowest BCUT2D eigenvalue weighted by atomic mass is 10.1. The third kappa shape index (κ3) is 4.28. The number of carboxylic acid groups (broad SMARTS) is 1. The molecular weight excluding hydrogens is 410 g/mol. The van der Waals surface area contributed by atoms with E-state index in [9.17, 15) is 14.7 Å². The van der Waals surface area contributed by atoms with Crippen molar-refractivity contribution in [3.8, 4) is 11.5 Å². The minimum absolute atomic E-state index is 0.136. The molecule has 29 heavy (non-hydrogen) atoms. The zero-order chi connectivity index (χ0) is 21.1. The molecule has 1 aliphatic rings. The lowest BCUT2D eigenvalue weighted by Crippen LogP contribution is -2.27. The molecule has 6 nitrogen and oxygen atoms in total. The standard InChI is InChI=1S/C21H19NO5S2/c1-4-27-16-8-6-13(9-17(16)26-3)10-18-19(23)22(21(28)29-18)14-7-5-12(2)15(11-14)20(24)25/h5-11H,4H2,1-3H3,(H,24,25). The highest BCUT2D eigenvalue weighted by atomic mass is 32.2. The number of thioether (sulfide) groups is 1. The fourth-order valence-electron chi connectivity index (χ4n) is 2.87. The molecule has 150 valence electrons. The lowest BCUT2D eigenvalue weighted by molar-refractivity contribution is -0.113. The van der Waals surface area contributed by atoms with Crippen LogP contribution in [0.1, 0.15) is 28.4 Å². The van der Waals surface area contributed by atoms with Crippen LogP contribution in [-0.4, -0.2) is 35.0 Å². The minimum atomic E-state index is -1.05. The maximum absolute atomic E-state index is 13.0. The zero-order valence-corrected chi connectivity index (χ0v) is 17.7. The predicted octanol–water partition coefficient (Wildman–Crippen LogP) is 4.51. The van der Waals surface area contributed by atoms with Crippen molar-refractivity contribution in [3.05, 3.63) is 58.0 Å². The number of rotatable bonds is 6. The van der Waals surface area contributed by atoms with Gasteiger partial charge in [0.25, 0.3) is 5.91 Å². The molecule has 0 aromatic heterocycles. The highest BCUT2D eigenvalue weighted by Gasteiger charge is 2.33. The van der Waals surface area contributed by atoms with Crippen molar-refractivity contribution >= 4 is 51.9 Å². The average Bonchev–Trinajstić information content (AvgIpc) is 2.96. The van der Waals surface area contributed by atoms with E-state index >= 15 is 0 Å². The number of amides is 1. The van der Waals surface area contributed by atoms with Crippen LogP contribution in [0.25, 0.3) is 6.08 Å². The second kappa shape index (κ2) is 8.67. The monoisotopic (exact) mass is 429 g/mol. The van der Waals surface area contributed by atoms with Gasteiger partial charge in [-0.15, -0.1) is 0 Å². The third-order valence-electron chi connectivity index (χ3n) is 4.29. The van der Waals surface area contributed by atoms with Crippen LogP contribution in [0.4, 0.5) is 5.69 Å². The summed E-state index contributed by atoms with van der Waals surface area (Å²) >= 11 is 6.54. The Morgan fingerprint density at radius 2 is 2.00 bits per heavy atom. The number of carbonyl (C=O) groups is 2. The average molecular weight is 430 g/mol. The molecule has 1 saturated heterocycles. The number of aryl methyl sites for hydroxylation is 1. The summed E-state index contributed by atoms with van der Waals surface area (Å²) in [6.45, 7) is 4.11. The lowest BCUT2D eigenvalue weighted by Gasteiger charge is -2.16. The number of aromatic carboxylic acids is 1. The second-order valence-electron chi connectivity index (χ2n) is 6.16. The first-order valence-electron chi connectivity index (χ1n) is 8.78. The second-order valence-corrected chi connectivity index (χ2v) is 7.84. The number of anilines is 1. The van der Waals surface area contributed by atoms with Gasteiger partial charge in [-0.3, -0.25) is 9.69 Å². The molecule has 1 aliphatic heterocycles. The topological polar surface area (TPSA) is 76.1 Å². The molecule has 0 saturated carbocycles. The van der Waals surface area contributed by atoms with Gasteiger partial charge in [-0.1, -0.05) is 36.1 Å². The molecule has 2 aromatic rings. The quantitative estimate of drug-likeness (QED) is 0.535. The van der Waals surface area contributed by atoms with Gasteiger partial charge in [-0.05, 0) is 55.3 Å². The van der Waals surface area contributed by atoms with Gasteiger partial charge in [-0.25, -0.2) is 4.79 Å². The van der Waals surface area contributed by atoms with Crippen molar-refractivity contribution in [3.63, 3.8) is 0 Å². The Bertz CT molecular complexity index is 1030. The molecule has 1 fully saturated rings. The minimum Gasteiger partial charge on any atom is -0.493 e. The van der Waals surface area contributed by atoms with Crippen LogP contribution < -0.4 is 14.4 Å². The van der Waals surface area contributed by atoms with Crippen LogP contribution in [0.5, 0.6) is 11.5 Å². The van der Waals surface area contributed by atoms with Crippen molar-refractivity contribution in [2.24, 2.45) is 0 Å². The van der Waals surface area contributed by atoms with Crippen molar-refractivity contribution in [2.75, 3.05) is 18.6 Å². The number of methoxy groups -OCH3 is 1. The number of nitrogens with zero attached hydrogens (tertiary/aromatic N) is 1. The van der Waals surface area contributed by atoms with Crippen LogP contribution >= 0.6 is 24.0 Å². The van der Waals surface area contributed by atoms with Crippen molar-refractivity contribution < 1.29 is 24.2 Å². The van der Waals surface area contributed by atoms with Gasteiger partial charge in [0.2, 0.25) is 0 Å². The number of carbonyl (C=O) groups excluding carboxylic acids is 1. The number of hydrogen-bond donors (Lipinski definition) is 1. The molecule has 1 N–H and O–H groups in total. The molecule has 1 heterocycles. The molecule has 2 aromatic carbocycles. The highest BCUT2D eigenvalue weighted by molar-refractivity contribution is 8.27. The fourth-order valence-corrected chi connectivity index (χ4v) is 4.17. The van der Waals surface area contributed by atoms with Crippen LogP contribution in [0.15, 0.2) is 41.3 Å². The fraction of sp³-hybridized carbons (Fsp3) is 0.190. The van der Waals surface area contributed by atoms with Gasteiger partial charge in [0, 0.05) is 0 Å². The predicted molar refractivity (Wildman–Crippen MR) is 118 cm³/mol. The van der Waals surface area contributed by atoms with E-state index in [-0.39, 0.29) is 11.5 Å². The summed E-state index contributed by atoms with van der Waals surface area (Å²) in [5.74, 6) is -0.152. The Balaban J connectivity index is 1.93. The Morgan fingerprint density at radius 3 is 2.66 bits per heavy atom. The number of hydrogen-bond acceptors (Lipinski definition) is 6. The molecule has 0 atom stereocenters. The maximum Gasteiger partial charge on any atom is 0.336 e. The molecule has 0 bridgehead atoms. The van der Waals surface area contributed by atoms with Crippen molar-refractivity contribution in [1.29, 1.82) is 0 Å². The van der Waals surface area contributed by atoms with E-state index in [1.165, 1.54) is 22.7 Å². The zero-order valence-electron chi connectivity index (χ0n) is 16.1. The van der Waals surface area contributed by atoms with E-state index in [0.717, 1.165) is 5.56 Å². The molecule has 1 amide bonds. The number of ether oxygens (including phenoxy) is 2. The van der Waals surface area contributed by atoms with Gasteiger partial charge in [0.1, 0.15) is 0 Å². The van der Waals surface area contributed by atoms with Gasteiger partial charge >= 0.3 is 5.97 Å². The van der Waals surface area contributed by atoms with E-state index in [4.69, 9.17) is 21.7 Å². The maximum atomic E-state index is 13.0. The molecule has 3 rings (SSSR count). The normalized spacial score (nSPS) is 15.1. The first-order chi connectivity index (χ1) is 13.8. The summed E-state index contributed by atoms with van der Waals surface area (Å²) in [5, 5.41) is 9.35. The third-order valence-corrected chi connectivity index (χ3v) is 5.59. The van der Waals surface area contributed by atoms with Gasteiger partial charge < -0.3 is 14.6 Å². The summed E-state index contributed by atoms with van der Waals surface area (Å²) in [5.41, 5.74) is 1.95. The molecule has 0 aliphatic carbocycles. The van der Waals surface area contributed by atoms with Crippen molar-refractivity contribution in [1.82, 2.24) is 0 Å². The molecule has 0 spiro atoms. The molecule has 8 heteroatoms. The first kappa shape index (κ1) is 20.9. The van der Waals surface area contributed by atoms with Crippen LogP contribution in [-0.2, 0) is 4.79 Å². The smallest absolute Gasteiger partial charge is 0.336 e. The van der Waals surface area contributed by atoms with Gasteiger partial charge in [0.05, 0.1) is 29.9 Å². The first-order valence-corrected chi connectivity index (χ1v) is 10.0. The summed E-state index contributed by atoms with van der Waals surface area (Å²) < 4.78 is 11.2. The summed E-state index contributed by atoms with van der Waals surface area (Å²) in [6.07, 6.45) is 1.73. The highest BCUT2D eigenvalue weighted by Crippen LogP contribution is 2.37. The number of thiocarbonyl (C=S) groups is 1. The number of carboxylic acids is 1. The SMILES string of the molecule is CCOc1ccc(C=C2SC(=S)N(c3ccc(C)c(C(=O)O)c3)C2=O)cc1OC. The Hall–Kier alpha value is -2.84. The Labute approximate surface area is 178 Å². The summed E-state index contributed by atoms with van der Waals surface area (Å²) in [6, 6.07) is 10.2. The van der Waals surface area contributed by atoms with Crippen molar-refractivity contribution in [2.45, 2.75) is 13.8 Å². The Morgan fingerprint density at radius 1 is 1.24 bits per heavy atom. The van der Waals surface area contributed by atoms with E-state index in [1.807, 2.05) is 13.0 Å². The van der Waals surface area contributed by atoms with E-state index in [2.05, 4.69) is 0 Å². The van der Waals surface area contributed by atoms with Crippen LogP contribution in [0, 0.1) is 6.92 Å². The van der Waals surface area contributed by atoms with E-state index in [0.29, 0.717) is 38.6 Å². The molecule has 0 unspecified atom stereocenters. The molecule has 0 radical (unpaired) electrons. The van der Waals surface area contributed by atoms with E-state index in [1.54, 1.807) is 44.4 Å². The summed E-state index contributed by atoms with van der Waals surface area (Å²) in [7, 11) is 1.55. The largest absolute Gasteiger partial charge is 0.493 e. The van der Waals surface area contributed by atoms with Gasteiger partial charge in [0.15, 0.2) is 15.8 Å². The molecular formula is C21H19NO5S2. The summed E-state index contributed by atoms with van der Waals surface area (Å²) in [4.78, 5) is 26.2. The van der Waals surface area contributed by atoms with Crippen LogP contribution in [0.3, 0.4) is 0 Å². The van der Waals surface area contributed by atoms with E-state index < -0.39 is 5.97 Å². The van der Waals surface area contributed by atoms with Crippen LogP contribution in [0.2, 0.25) is 0 Å². The van der Waals surface area contributed by atoms with Gasteiger partial charge in [-0.2, -0.15) is 0 Å². The Kier molecular flexibility index (Phi) is 6.24. The number of benzene rings is 2.